The third kappa shape index (κ3) is 1.82. The summed E-state index contributed by atoms with van der Waals surface area (Å²) in [5.41, 5.74) is 2.44. The number of fused-ring (bicyclic) bond motifs is 1. The van der Waals surface area contributed by atoms with Crippen LogP contribution in [0.1, 0.15) is 18.7 Å². The summed E-state index contributed by atoms with van der Waals surface area (Å²) in [4.78, 5) is 4.51. The first-order valence-corrected chi connectivity index (χ1v) is 6.07. The van der Waals surface area contributed by atoms with Gasteiger partial charge in [-0.25, -0.2) is 4.98 Å². The van der Waals surface area contributed by atoms with Crippen molar-refractivity contribution in [2.45, 2.75) is 25.8 Å². The average molecular weight is 228 g/mol. The third-order valence-electron chi connectivity index (χ3n) is 3.36. The largest absolute Gasteiger partial charge is 0.497 e. The SMILES string of the molecule is COc1ccc(-c2cnc3n2CCCC3)cc1. The Morgan fingerprint density at radius 2 is 2.00 bits per heavy atom. The van der Waals surface area contributed by atoms with Crippen molar-refractivity contribution >= 4 is 0 Å². The van der Waals surface area contributed by atoms with Gasteiger partial charge in [-0.1, -0.05) is 0 Å². The van der Waals surface area contributed by atoms with Crippen LogP contribution in [0.25, 0.3) is 11.3 Å². The van der Waals surface area contributed by atoms with Gasteiger partial charge in [0.2, 0.25) is 0 Å². The summed E-state index contributed by atoms with van der Waals surface area (Å²) in [6.45, 7) is 1.09. The standard InChI is InChI=1S/C14H16N2O/c1-17-12-7-5-11(6-8-12)13-10-15-14-4-2-3-9-16(13)14/h5-8,10H,2-4,9H2,1H3. The fourth-order valence-electron chi connectivity index (χ4n) is 2.41. The smallest absolute Gasteiger partial charge is 0.118 e. The molecule has 0 bridgehead atoms. The van der Waals surface area contributed by atoms with Crippen LogP contribution >= 0.6 is 0 Å². The molecule has 3 nitrogen and oxygen atoms in total. The first-order valence-electron chi connectivity index (χ1n) is 6.07. The molecule has 1 aromatic carbocycles. The predicted octanol–water partition coefficient (Wildman–Crippen LogP) is 2.90. The Morgan fingerprint density at radius 1 is 1.18 bits per heavy atom. The van der Waals surface area contributed by atoms with Crippen LogP contribution in [0.15, 0.2) is 30.5 Å². The van der Waals surface area contributed by atoms with Crippen LogP contribution in [-0.2, 0) is 13.0 Å². The molecule has 0 atom stereocenters. The van der Waals surface area contributed by atoms with Crippen molar-refractivity contribution in [1.29, 1.82) is 0 Å². The van der Waals surface area contributed by atoms with Gasteiger partial charge in [-0.05, 0) is 37.1 Å². The second kappa shape index (κ2) is 4.24. The van der Waals surface area contributed by atoms with Gasteiger partial charge in [0.15, 0.2) is 0 Å². The molecule has 0 spiro atoms. The van der Waals surface area contributed by atoms with Gasteiger partial charge in [0.05, 0.1) is 19.0 Å². The number of rotatable bonds is 2. The van der Waals surface area contributed by atoms with Gasteiger partial charge >= 0.3 is 0 Å². The van der Waals surface area contributed by atoms with E-state index in [9.17, 15) is 0 Å². The second-order valence-electron chi connectivity index (χ2n) is 4.40. The molecule has 2 heterocycles. The van der Waals surface area contributed by atoms with Gasteiger partial charge < -0.3 is 9.30 Å². The van der Waals surface area contributed by atoms with Gasteiger partial charge in [0.25, 0.3) is 0 Å². The zero-order valence-electron chi connectivity index (χ0n) is 10.0. The van der Waals surface area contributed by atoms with E-state index < -0.39 is 0 Å². The van der Waals surface area contributed by atoms with E-state index in [-0.39, 0.29) is 0 Å². The highest BCUT2D eigenvalue weighted by Crippen LogP contribution is 2.26. The Kier molecular flexibility index (Phi) is 2.59. The van der Waals surface area contributed by atoms with Crippen LogP contribution < -0.4 is 4.74 Å². The molecule has 0 amide bonds. The molecule has 0 radical (unpaired) electrons. The highest BCUT2D eigenvalue weighted by molar-refractivity contribution is 5.60. The van der Waals surface area contributed by atoms with E-state index in [1.165, 1.54) is 29.9 Å². The summed E-state index contributed by atoms with van der Waals surface area (Å²) in [7, 11) is 1.69. The minimum absolute atomic E-state index is 0.895. The molecular weight excluding hydrogens is 212 g/mol. The van der Waals surface area contributed by atoms with Crippen molar-refractivity contribution in [3.8, 4) is 17.0 Å². The highest BCUT2D eigenvalue weighted by atomic mass is 16.5. The Labute approximate surface area is 101 Å². The molecule has 3 rings (SSSR count). The molecule has 2 aromatic rings. The molecule has 1 aliphatic heterocycles. The van der Waals surface area contributed by atoms with Crippen LogP contribution in [0.4, 0.5) is 0 Å². The first-order chi connectivity index (χ1) is 8.38. The summed E-state index contributed by atoms with van der Waals surface area (Å²) in [5.74, 6) is 2.12. The van der Waals surface area contributed by atoms with E-state index in [1.54, 1.807) is 7.11 Å². The molecule has 0 unspecified atom stereocenters. The third-order valence-corrected chi connectivity index (χ3v) is 3.36. The van der Waals surface area contributed by atoms with Gasteiger partial charge in [-0.15, -0.1) is 0 Å². The number of ether oxygens (including phenoxy) is 1. The Hall–Kier alpha value is -1.77. The van der Waals surface area contributed by atoms with E-state index in [2.05, 4.69) is 21.7 Å². The zero-order chi connectivity index (χ0) is 11.7. The van der Waals surface area contributed by atoms with Crippen LogP contribution in [0.5, 0.6) is 5.75 Å². The maximum absolute atomic E-state index is 5.18. The number of hydrogen-bond acceptors (Lipinski definition) is 2. The summed E-state index contributed by atoms with van der Waals surface area (Å²) in [5, 5.41) is 0. The van der Waals surface area contributed by atoms with Crippen LogP contribution in [0.2, 0.25) is 0 Å². The van der Waals surface area contributed by atoms with E-state index in [1.807, 2.05) is 18.3 Å². The van der Waals surface area contributed by atoms with E-state index in [0.29, 0.717) is 0 Å². The fraction of sp³-hybridized carbons (Fsp3) is 0.357. The first kappa shape index (κ1) is 10.4. The minimum Gasteiger partial charge on any atom is -0.497 e. The number of aromatic nitrogens is 2. The normalized spacial score (nSPS) is 14.4. The lowest BCUT2D eigenvalue weighted by Crippen LogP contribution is -2.11. The Bertz CT molecular complexity index is 514. The summed E-state index contributed by atoms with van der Waals surface area (Å²) >= 11 is 0. The summed E-state index contributed by atoms with van der Waals surface area (Å²) in [6.07, 6.45) is 5.62. The lowest BCUT2D eigenvalue weighted by atomic mass is 10.1. The molecule has 0 aliphatic carbocycles. The van der Waals surface area contributed by atoms with E-state index in [0.717, 1.165) is 18.7 Å². The molecule has 0 fully saturated rings. The number of methoxy groups -OCH3 is 1. The highest BCUT2D eigenvalue weighted by Gasteiger charge is 2.14. The monoisotopic (exact) mass is 228 g/mol. The Balaban J connectivity index is 2.00. The van der Waals surface area contributed by atoms with E-state index >= 15 is 0 Å². The molecule has 0 N–H and O–H groups in total. The number of nitrogens with zero attached hydrogens (tertiary/aromatic N) is 2. The molecule has 1 aromatic heterocycles. The predicted molar refractivity (Wildman–Crippen MR) is 67.2 cm³/mol. The fourth-order valence-corrected chi connectivity index (χ4v) is 2.41. The Morgan fingerprint density at radius 3 is 2.76 bits per heavy atom. The number of imidazole rings is 1. The molecule has 17 heavy (non-hydrogen) atoms. The van der Waals surface area contributed by atoms with Crippen molar-refractivity contribution in [1.82, 2.24) is 9.55 Å². The summed E-state index contributed by atoms with van der Waals surface area (Å²) in [6, 6.07) is 8.19. The molecule has 0 saturated carbocycles. The molecular formula is C14H16N2O. The van der Waals surface area contributed by atoms with Crippen LogP contribution in [-0.4, -0.2) is 16.7 Å². The van der Waals surface area contributed by atoms with Crippen molar-refractivity contribution in [2.24, 2.45) is 0 Å². The average Bonchev–Trinajstić information content (AvgIpc) is 2.83. The maximum atomic E-state index is 5.18. The zero-order valence-corrected chi connectivity index (χ0v) is 10.0. The van der Waals surface area contributed by atoms with Gasteiger partial charge in [0, 0.05) is 18.5 Å². The molecule has 88 valence electrons. The number of aryl methyl sites for hydroxylation is 1. The van der Waals surface area contributed by atoms with Gasteiger partial charge in [-0.2, -0.15) is 0 Å². The van der Waals surface area contributed by atoms with Crippen molar-refractivity contribution in [3.05, 3.63) is 36.3 Å². The number of benzene rings is 1. The van der Waals surface area contributed by atoms with Gasteiger partial charge in [0.1, 0.15) is 11.6 Å². The topological polar surface area (TPSA) is 27.1 Å². The minimum atomic E-state index is 0.895. The summed E-state index contributed by atoms with van der Waals surface area (Å²) < 4.78 is 7.52. The molecule has 3 heteroatoms. The van der Waals surface area contributed by atoms with Crippen LogP contribution in [0, 0.1) is 0 Å². The number of hydrogen-bond donors (Lipinski definition) is 0. The maximum Gasteiger partial charge on any atom is 0.118 e. The van der Waals surface area contributed by atoms with E-state index in [4.69, 9.17) is 4.74 Å². The lowest BCUT2D eigenvalue weighted by molar-refractivity contribution is 0.415. The van der Waals surface area contributed by atoms with Crippen molar-refractivity contribution < 1.29 is 4.74 Å². The van der Waals surface area contributed by atoms with Crippen LogP contribution in [0.3, 0.4) is 0 Å². The van der Waals surface area contributed by atoms with Crippen molar-refractivity contribution in [3.63, 3.8) is 0 Å². The van der Waals surface area contributed by atoms with Gasteiger partial charge in [-0.3, -0.25) is 0 Å². The second-order valence-corrected chi connectivity index (χ2v) is 4.40. The quantitative estimate of drug-likeness (QED) is 0.790. The van der Waals surface area contributed by atoms with Crippen molar-refractivity contribution in [2.75, 3.05) is 7.11 Å². The molecule has 0 saturated heterocycles. The molecule has 1 aliphatic rings. The lowest BCUT2D eigenvalue weighted by Gasteiger charge is -2.16.